The van der Waals surface area contributed by atoms with Crippen LogP contribution in [0.15, 0.2) is 71.0 Å². The fourth-order valence-corrected chi connectivity index (χ4v) is 4.28. The van der Waals surface area contributed by atoms with E-state index in [-0.39, 0.29) is 10.6 Å². The van der Waals surface area contributed by atoms with Crippen molar-refractivity contribution in [3.05, 3.63) is 78.1 Å². The molecule has 0 aliphatic carbocycles. The van der Waals surface area contributed by atoms with Crippen LogP contribution in [-0.2, 0) is 14.6 Å². The predicted octanol–water partition coefficient (Wildman–Crippen LogP) is 4.57. The van der Waals surface area contributed by atoms with E-state index in [1.54, 1.807) is 13.0 Å². The van der Waals surface area contributed by atoms with Crippen LogP contribution in [0.1, 0.15) is 11.1 Å². The Morgan fingerprint density at radius 1 is 1.09 bits per heavy atom. The van der Waals surface area contributed by atoms with Crippen molar-refractivity contribution < 1.29 is 37.3 Å². The van der Waals surface area contributed by atoms with Crippen molar-refractivity contribution in [1.82, 2.24) is 0 Å². The lowest BCUT2D eigenvalue weighted by Gasteiger charge is -2.15. The van der Waals surface area contributed by atoms with Gasteiger partial charge in [-0.3, -0.25) is 0 Å². The molecule has 9 heteroatoms. The number of halogens is 1. The maximum absolute atomic E-state index is 13.2. The van der Waals surface area contributed by atoms with Crippen molar-refractivity contribution in [2.24, 2.45) is 0 Å². The molecule has 0 fully saturated rings. The minimum atomic E-state index is -4.14. The van der Waals surface area contributed by atoms with E-state index in [1.165, 1.54) is 24.3 Å². The van der Waals surface area contributed by atoms with Crippen molar-refractivity contribution in [3.8, 4) is 23.0 Å². The summed E-state index contributed by atoms with van der Waals surface area (Å²) in [6, 6.07) is 11.1. The summed E-state index contributed by atoms with van der Waals surface area (Å²) >= 11 is 0. The molecule has 7 nitrogen and oxygen atoms in total. The smallest absolute Gasteiger partial charge is 0.341 e. The van der Waals surface area contributed by atoms with Gasteiger partial charge in [-0.2, -0.15) is 0 Å². The Balaban J connectivity index is 1.98. The normalized spacial score (nSPS) is 11.1. The molecule has 0 heterocycles. The summed E-state index contributed by atoms with van der Waals surface area (Å²) in [7, 11) is -4.14. The van der Waals surface area contributed by atoms with E-state index in [9.17, 15) is 22.7 Å². The third kappa shape index (κ3) is 4.89. The van der Waals surface area contributed by atoms with E-state index >= 15 is 0 Å². The number of hydrogen-bond donors (Lipinski definition) is 2. The summed E-state index contributed by atoms with van der Waals surface area (Å²) in [5, 5.41) is 18.9. The number of benzene rings is 3. The van der Waals surface area contributed by atoms with Gasteiger partial charge in [-0.1, -0.05) is 12.7 Å². The van der Waals surface area contributed by atoms with Gasteiger partial charge in [0.05, 0.1) is 4.90 Å². The number of phenols is 1. The maximum Gasteiger partial charge on any atom is 0.341 e. The Morgan fingerprint density at radius 2 is 1.78 bits per heavy atom. The number of ether oxygens (including phenoxy) is 2. The quantitative estimate of drug-likeness (QED) is 0.476. The third-order valence-corrected chi connectivity index (χ3v) is 6.22. The molecule has 0 aliphatic heterocycles. The molecule has 3 rings (SSSR count). The number of aliphatic carboxylic acids is 1. The van der Waals surface area contributed by atoms with Crippen LogP contribution in [0.3, 0.4) is 0 Å². The Morgan fingerprint density at radius 3 is 2.41 bits per heavy atom. The third-order valence-electron chi connectivity index (χ3n) is 4.42. The molecule has 166 valence electrons. The molecule has 3 aromatic carbocycles. The van der Waals surface area contributed by atoms with Gasteiger partial charge in [0.1, 0.15) is 33.7 Å². The summed E-state index contributed by atoms with van der Waals surface area (Å²) in [5.41, 5.74) is 1.07. The van der Waals surface area contributed by atoms with Gasteiger partial charge in [0.2, 0.25) is 9.84 Å². The molecule has 2 N–H and O–H groups in total. The number of aryl methyl sites for hydroxylation is 1. The van der Waals surface area contributed by atoms with E-state index in [0.29, 0.717) is 22.6 Å². The van der Waals surface area contributed by atoms with Crippen molar-refractivity contribution in [2.75, 3.05) is 6.61 Å². The number of rotatable bonds is 8. The first-order valence-corrected chi connectivity index (χ1v) is 10.7. The van der Waals surface area contributed by atoms with Gasteiger partial charge in [-0.05, 0) is 61.0 Å². The van der Waals surface area contributed by atoms with Gasteiger partial charge in [-0.15, -0.1) is 0 Å². The first kappa shape index (κ1) is 22.8. The number of carboxylic acids is 1. The minimum absolute atomic E-state index is 0.119. The van der Waals surface area contributed by atoms with Gasteiger partial charge < -0.3 is 19.7 Å². The lowest BCUT2D eigenvalue weighted by Crippen LogP contribution is -2.09. The van der Waals surface area contributed by atoms with Crippen molar-refractivity contribution in [2.45, 2.75) is 16.7 Å². The molecule has 0 saturated carbocycles. The molecule has 0 atom stereocenters. The van der Waals surface area contributed by atoms with Crippen molar-refractivity contribution in [1.29, 1.82) is 0 Å². The maximum atomic E-state index is 13.2. The Hall–Kier alpha value is -3.85. The summed E-state index contributed by atoms with van der Waals surface area (Å²) in [5.74, 6) is -1.43. The molecule has 3 aromatic rings. The molecule has 32 heavy (non-hydrogen) atoms. The lowest BCUT2D eigenvalue weighted by atomic mass is 10.1. The standard InChI is InChI=1S/C23H19FO7S/c1-3-15-11-18(30-13-22(26)27)10-14(2)23(15)31-17-6-9-20(25)21(12-17)32(28,29)19-7-4-16(24)5-8-19/h3-12,25H,1,13H2,2H3,(H,26,27). The van der Waals surface area contributed by atoms with Crippen molar-refractivity contribution in [3.63, 3.8) is 0 Å². The van der Waals surface area contributed by atoms with Crippen LogP contribution in [0.4, 0.5) is 4.39 Å². The second-order valence-corrected chi connectivity index (χ2v) is 8.65. The Kier molecular flexibility index (Phi) is 6.50. The molecule has 0 amide bonds. The fourth-order valence-electron chi connectivity index (χ4n) is 2.92. The summed E-state index contributed by atoms with van der Waals surface area (Å²) in [6.07, 6.45) is 1.48. The van der Waals surface area contributed by atoms with Crippen LogP contribution >= 0.6 is 0 Å². The molecule has 0 unspecified atom stereocenters. The average molecular weight is 458 g/mol. The van der Waals surface area contributed by atoms with Crippen LogP contribution < -0.4 is 9.47 Å². The zero-order valence-corrected chi connectivity index (χ0v) is 17.7. The van der Waals surface area contributed by atoms with E-state index in [0.717, 1.165) is 30.3 Å². The number of phenolic OH excluding ortho intramolecular Hbond substituents is 1. The van der Waals surface area contributed by atoms with E-state index < -0.39 is 38.9 Å². The van der Waals surface area contributed by atoms with E-state index in [4.69, 9.17) is 14.6 Å². The highest BCUT2D eigenvalue weighted by Gasteiger charge is 2.23. The largest absolute Gasteiger partial charge is 0.507 e. The van der Waals surface area contributed by atoms with E-state index in [1.807, 2.05) is 0 Å². The average Bonchev–Trinajstić information content (AvgIpc) is 2.75. The van der Waals surface area contributed by atoms with Gasteiger partial charge in [0.15, 0.2) is 6.61 Å². The molecule has 0 aliphatic rings. The number of carbonyl (C=O) groups is 1. The van der Waals surface area contributed by atoms with Crippen LogP contribution in [0.25, 0.3) is 6.08 Å². The Bertz CT molecular complexity index is 1280. The zero-order valence-electron chi connectivity index (χ0n) is 16.9. The number of hydrogen-bond acceptors (Lipinski definition) is 6. The molecule has 0 bridgehead atoms. The molecular formula is C23H19FO7S. The monoisotopic (exact) mass is 458 g/mol. The zero-order chi connectivity index (χ0) is 23.5. The Labute approximate surface area is 183 Å². The minimum Gasteiger partial charge on any atom is -0.507 e. The SMILES string of the molecule is C=Cc1cc(OCC(=O)O)cc(C)c1Oc1ccc(O)c(S(=O)(=O)c2ccc(F)cc2)c1. The van der Waals surface area contributed by atoms with Crippen LogP contribution in [0.5, 0.6) is 23.0 Å². The molecule has 0 aromatic heterocycles. The lowest BCUT2D eigenvalue weighted by molar-refractivity contribution is -0.139. The van der Waals surface area contributed by atoms with E-state index in [2.05, 4.69) is 6.58 Å². The highest BCUT2D eigenvalue weighted by molar-refractivity contribution is 7.91. The number of sulfone groups is 1. The van der Waals surface area contributed by atoms with Crippen LogP contribution in [0, 0.1) is 12.7 Å². The molecule has 0 saturated heterocycles. The first-order valence-electron chi connectivity index (χ1n) is 9.25. The van der Waals surface area contributed by atoms with Crippen molar-refractivity contribution >= 4 is 21.9 Å². The molecule has 0 spiro atoms. The first-order chi connectivity index (χ1) is 15.1. The van der Waals surface area contributed by atoms with Crippen LogP contribution in [0.2, 0.25) is 0 Å². The predicted molar refractivity (Wildman–Crippen MR) is 114 cm³/mol. The van der Waals surface area contributed by atoms with Crippen LogP contribution in [-0.4, -0.2) is 31.2 Å². The summed E-state index contributed by atoms with van der Waals surface area (Å²) in [4.78, 5) is 10.1. The fraction of sp³-hybridized carbons (Fsp3) is 0.0870. The second-order valence-electron chi connectivity index (χ2n) is 6.73. The summed E-state index contributed by atoms with van der Waals surface area (Å²) < 4.78 is 50.1. The number of aromatic hydroxyl groups is 1. The highest BCUT2D eigenvalue weighted by Crippen LogP contribution is 2.37. The second kappa shape index (κ2) is 9.11. The van der Waals surface area contributed by atoms with Gasteiger partial charge in [-0.25, -0.2) is 17.6 Å². The number of carboxylic acid groups (broad SMARTS) is 1. The molecule has 0 radical (unpaired) electrons. The van der Waals surface area contributed by atoms with Gasteiger partial charge in [0, 0.05) is 11.6 Å². The van der Waals surface area contributed by atoms with Gasteiger partial charge in [0.25, 0.3) is 0 Å². The van der Waals surface area contributed by atoms with Gasteiger partial charge >= 0.3 is 5.97 Å². The highest BCUT2D eigenvalue weighted by atomic mass is 32.2. The molecular weight excluding hydrogens is 439 g/mol. The summed E-state index contributed by atoms with van der Waals surface area (Å²) in [6.45, 7) is 4.90. The topological polar surface area (TPSA) is 110 Å².